The molecule has 0 aromatic heterocycles. The van der Waals surface area contributed by atoms with Crippen LogP contribution in [0, 0.1) is 0 Å². The highest BCUT2D eigenvalue weighted by molar-refractivity contribution is 8.31. The van der Waals surface area contributed by atoms with Crippen LogP contribution in [0.15, 0.2) is 16.1 Å². The minimum absolute atomic E-state index is 0.0640. The maximum absolute atomic E-state index is 4.15. The first-order chi connectivity index (χ1) is 3.83. The quantitative estimate of drug-likeness (QED) is 0.519. The summed E-state index contributed by atoms with van der Waals surface area (Å²) < 4.78 is 0. The third kappa shape index (κ3) is 1.13. The SMILES string of the molecule is CC[SH]1C=NC(C)=C1. The van der Waals surface area contributed by atoms with E-state index < -0.39 is 0 Å². The summed E-state index contributed by atoms with van der Waals surface area (Å²) in [6.45, 7) is 4.25. The smallest absolute Gasteiger partial charge is 0.0439 e. The van der Waals surface area contributed by atoms with Crippen molar-refractivity contribution in [2.75, 3.05) is 5.75 Å². The van der Waals surface area contributed by atoms with Gasteiger partial charge in [0.2, 0.25) is 0 Å². The Kier molecular flexibility index (Phi) is 1.73. The fraction of sp³-hybridized carbons (Fsp3) is 0.500. The van der Waals surface area contributed by atoms with Gasteiger partial charge in [-0.15, -0.1) is 0 Å². The van der Waals surface area contributed by atoms with Gasteiger partial charge in [0.1, 0.15) is 0 Å². The molecule has 0 aromatic carbocycles. The zero-order valence-electron chi connectivity index (χ0n) is 5.26. The molecule has 0 saturated heterocycles. The minimum Gasteiger partial charge on any atom is -0.256 e. The summed E-state index contributed by atoms with van der Waals surface area (Å²) in [5, 5.41) is 2.26. The zero-order chi connectivity index (χ0) is 5.98. The Bertz CT molecular complexity index is 137. The molecule has 1 aliphatic rings. The van der Waals surface area contributed by atoms with Gasteiger partial charge in [-0.05, 0) is 18.1 Å². The van der Waals surface area contributed by atoms with Crippen LogP contribution in [0.5, 0.6) is 0 Å². The molecular weight excluding hydrogens is 118 g/mol. The second kappa shape index (κ2) is 2.35. The van der Waals surface area contributed by atoms with Gasteiger partial charge in [0.05, 0.1) is 0 Å². The third-order valence-electron chi connectivity index (χ3n) is 1.13. The highest BCUT2D eigenvalue weighted by Gasteiger charge is 1.98. The highest BCUT2D eigenvalue weighted by Crippen LogP contribution is 2.29. The van der Waals surface area contributed by atoms with Gasteiger partial charge >= 0.3 is 0 Å². The Balaban J connectivity index is 2.55. The molecule has 0 N–H and O–H groups in total. The van der Waals surface area contributed by atoms with Gasteiger partial charge in [-0.2, -0.15) is 10.9 Å². The first-order valence-corrected chi connectivity index (χ1v) is 4.48. The summed E-state index contributed by atoms with van der Waals surface area (Å²) in [6.07, 6.45) is 0. The first kappa shape index (κ1) is 5.89. The molecule has 2 heteroatoms. The molecule has 1 unspecified atom stereocenters. The van der Waals surface area contributed by atoms with E-state index in [0.717, 1.165) is 0 Å². The average Bonchev–Trinajstić information content (AvgIpc) is 2.14. The van der Waals surface area contributed by atoms with E-state index in [-0.39, 0.29) is 10.9 Å². The Morgan fingerprint density at radius 3 is 2.75 bits per heavy atom. The van der Waals surface area contributed by atoms with Crippen LogP contribution in [-0.4, -0.2) is 11.3 Å². The molecule has 0 saturated carbocycles. The standard InChI is InChI=1S/C6H11NS/c1-3-8-4-6(2)7-5-8/h4-5,8H,3H2,1-2H3. The molecule has 0 spiro atoms. The van der Waals surface area contributed by atoms with Crippen LogP contribution in [0.25, 0.3) is 0 Å². The molecule has 0 fully saturated rings. The predicted molar refractivity (Wildman–Crippen MR) is 41.8 cm³/mol. The van der Waals surface area contributed by atoms with Gasteiger partial charge < -0.3 is 0 Å². The van der Waals surface area contributed by atoms with E-state index in [1.54, 1.807) is 0 Å². The van der Waals surface area contributed by atoms with E-state index in [1.807, 2.05) is 0 Å². The van der Waals surface area contributed by atoms with Crippen molar-refractivity contribution >= 4 is 16.4 Å². The van der Waals surface area contributed by atoms with Gasteiger partial charge in [-0.1, -0.05) is 6.92 Å². The fourth-order valence-corrected chi connectivity index (χ4v) is 1.93. The van der Waals surface area contributed by atoms with E-state index in [2.05, 4.69) is 29.8 Å². The lowest BCUT2D eigenvalue weighted by molar-refractivity contribution is 1.35. The third-order valence-corrected chi connectivity index (χ3v) is 2.98. The number of nitrogens with zero attached hydrogens (tertiary/aromatic N) is 1. The largest absolute Gasteiger partial charge is 0.256 e. The number of rotatable bonds is 1. The minimum atomic E-state index is 0.0640. The van der Waals surface area contributed by atoms with E-state index in [0.29, 0.717) is 0 Å². The molecule has 1 aliphatic heterocycles. The summed E-state index contributed by atoms with van der Waals surface area (Å²) in [6, 6.07) is 0. The normalized spacial score (nSPS) is 30.8. The van der Waals surface area contributed by atoms with E-state index >= 15 is 0 Å². The summed E-state index contributed by atoms with van der Waals surface area (Å²) in [5.41, 5.74) is 3.27. The highest BCUT2D eigenvalue weighted by atomic mass is 32.2. The van der Waals surface area contributed by atoms with Gasteiger partial charge in [0.25, 0.3) is 0 Å². The van der Waals surface area contributed by atoms with Gasteiger partial charge in [0, 0.05) is 11.2 Å². The van der Waals surface area contributed by atoms with Gasteiger partial charge in [-0.25, -0.2) is 0 Å². The predicted octanol–water partition coefficient (Wildman–Crippen LogP) is 1.91. The molecule has 0 amide bonds. The molecule has 0 radical (unpaired) electrons. The number of allylic oxidation sites excluding steroid dienone is 1. The molecular formula is C6H11NS. The van der Waals surface area contributed by atoms with E-state index in [4.69, 9.17) is 0 Å². The Labute approximate surface area is 52.9 Å². The lowest BCUT2D eigenvalue weighted by Gasteiger charge is -1.99. The fourth-order valence-electron chi connectivity index (χ4n) is 0.645. The second-order valence-corrected chi connectivity index (χ2v) is 4.00. The van der Waals surface area contributed by atoms with Crippen molar-refractivity contribution in [1.29, 1.82) is 0 Å². The zero-order valence-corrected chi connectivity index (χ0v) is 6.15. The maximum atomic E-state index is 4.15. The Morgan fingerprint density at radius 2 is 2.50 bits per heavy atom. The lowest BCUT2D eigenvalue weighted by atomic mass is 10.6. The molecule has 8 heavy (non-hydrogen) atoms. The monoisotopic (exact) mass is 129 g/mol. The number of hydrogen-bond donors (Lipinski definition) is 1. The Morgan fingerprint density at radius 1 is 1.75 bits per heavy atom. The summed E-state index contributed by atoms with van der Waals surface area (Å²) in [7, 11) is 0.0640. The van der Waals surface area contributed by atoms with E-state index in [1.165, 1.54) is 11.4 Å². The number of aliphatic imine (C=N–C) groups is 1. The van der Waals surface area contributed by atoms with Crippen molar-refractivity contribution in [3.05, 3.63) is 11.1 Å². The van der Waals surface area contributed by atoms with Crippen molar-refractivity contribution < 1.29 is 0 Å². The number of thiol groups is 1. The van der Waals surface area contributed by atoms with Crippen LogP contribution < -0.4 is 0 Å². The molecule has 46 valence electrons. The lowest BCUT2D eigenvalue weighted by Crippen LogP contribution is -1.73. The molecule has 1 rings (SSSR count). The van der Waals surface area contributed by atoms with Crippen molar-refractivity contribution in [3.8, 4) is 0 Å². The summed E-state index contributed by atoms with van der Waals surface area (Å²) in [4.78, 5) is 4.15. The van der Waals surface area contributed by atoms with Crippen molar-refractivity contribution in [1.82, 2.24) is 0 Å². The van der Waals surface area contributed by atoms with Crippen molar-refractivity contribution in [3.63, 3.8) is 0 Å². The Hall–Kier alpha value is -0.240. The number of hydrogen-bond acceptors (Lipinski definition) is 1. The molecule has 1 atom stereocenters. The second-order valence-electron chi connectivity index (χ2n) is 1.85. The topological polar surface area (TPSA) is 12.4 Å². The molecule has 1 nitrogen and oxygen atoms in total. The van der Waals surface area contributed by atoms with Crippen LogP contribution in [0.3, 0.4) is 0 Å². The summed E-state index contributed by atoms with van der Waals surface area (Å²) >= 11 is 0. The average molecular weight is 129 g/mol. The van der Waals surface area contributed by atoms with Crippen LogP contribution in [0.4, 0.5) is 0 Å². The van der Waals surface area contributed by atoms with Crippen LogP contribution in [0.1, 0.15) is 13.8 Å². The molecule has 0 bridgehead atoms. The van der Waals surface area contributed by atoms with Crippen LogP contribution in [0.2, 0.25) is 0 Å². The molecule has 0 aromatic rings. The van der Waals surface area contributed by atoms with Crippen LogP contribution >= 0.6 is 10.9 Å². The molecule has 0 aliphatic carbocycles. The van der Waals surface area contributed by atoms with Gasteiger partial charge in [0.15, 0.2) is 0 Å². The van der Waals surface area contributed by atoms with Crippen molar-refractivity contribution in [2.45, 2.75) is 13.8 Å². The van der Waals surface area contributed by atoms with Crippen LogP contribution in [-0.2, 0) is 0 Å². The maximum Gasteiger partial charge on any atom is 0.0439 e. The van der Waals surface area contributed by atoms with Crippen molar-refractivity contribution in [2.24, 2.45) is 4.99 Å². The van der Waals surface area contributed by atoms with E-state index in [9.17, 15) is 0 Å². The van der Waals surface area contributed by atoms with Gasteiger partial charge in [-0.3, -0.25) is 4.99 Å². The summed E-state index contributed by atoms with van der Waals surface area (Å²) in [5.74, 6) is 1.25. The first-order valence-electron chi connectivity index (χ1n) is 2.81. The molecule has 1 heterocycles.